The van der Waals surface area contributed by atoms with E-state index in [1.54, 1.807) is 18.2 Å². The normalized spacial score (nSPS) is 11.6. The summed E-state index contributed by atoms with van der Waals surface area (Å²) in [5, 5.41) is 0.503. The quantitative estimate of drug-likeness (QED) is 0.119. The van der Waals surface area contributed by atoms with E-state index in [2.05, 4.69) is 33.8 Å². The summed E-state index contributed by atoms with van der Waals surface area (Å²) in [7, 11) is 0. The average molecular weight is 455 g/mol. The van der Waals surface area contributed by atoms with Gasteiger partial charge in [-0.05, 0) is 64.7 Å². The molecule has 0 aliphatic carbocycles. The van der Waals surface area contributed by atoms with E-state index in [9.17, 15) is 9.59 Å². The van der Waals surface area contributed by atoms with Crippen molar-refractivity contribution >= 4 is 16.9 Å². The summed E-state index contributed by atoms with van der Waals surface area (Å²) in [5.74, 6) is -0.0514. The highest BCUT2D eigenvalue weighted by Crippen LogP contribution is 2.37. The smallest absolute Gasteiger partial charge is 0.383 e. The Morgan fingerprint density at radius 1 is 1.00 bits per heavy atom. The van der Waals surface area contributed by atoms with E-state index in [-0.39, 0.29) is 29.4 Å². The van der Waals surface area contributed by atoms with Crippen molar-refractivity contribution in [2.45, 2.75) is 60.3 Å². The fourth-order valence-corrected chi connectivity index (χ4v) is 3.13. The summed E-state index contributed by atoms with van der Waals surface area (Å²) >= 11 is 0. The molecule has 2 aromatic rings. The number of hydrogen-bond acceptors (Lipinski definition) is 6. The highest BCUT2D eigenvalue weighted by atomic mass is 16.5. The van der Waals surface area contributed by atoms with Crippen molar-refractivity contribution in [3.8, 4) is 17.2 Å². The number of hydrogen-bond donors (Lipinski definition) is 0. The van der Waals surface area contributed by atoms with Crippen molar-refractivity contribution in [2.75, 3.05) is 13.2 Å². The topological polar surface area (TPSA) is 75.0 Å². The molecular formula is C27H34O6. The molecule has 0 aliphatic rings. The second kappa shape index (κ2) is 13.3. The van der Waals surface area contributed by atoms with E-state index in [0.717, 1.165) is 19.3 Å². The van der Waals surface area contributed by atoms with Gasteiger partial charge in [-0.1, -0.05) is 42.4 Å². The Kier molecular flexibility index (Phi) is 10.5. The van der Waals surface area contributed by atoms with Crippen LogP contribution in [0.2, 0.25) is 0 Å². The SMILES string of the molecule is CCC=CCCOc1c(OC/C=C(\C)CCC=C(C)C)c2cccc(OC(C)=O)c2oc1=O. The Morgan fingerprint density at radius 2 is 1.79 bits per heavy atom. The minimum Gasteiger partial charge on any atom is -0.485 e. The maximum atomic E-state index is 12.8. The lowest BCUT2D eigenvalue weighted by Crippen LogP contribution is -2.12. The van der Waals surface area contributed by atoms with Crippen molar-refractivity contribution in [1.82, 2.24) is 0 Å². The van der Waals surface area contributed by atoms with Crippen LogP contribution >= 0.6 is 0 Å². The highest BCUT2D eigenvalue weighted by Gasteiger charge is 2.20. The van der Waals surface area contributed by atoms with Crippen LogP contribution < -0.4 is 19.8 Å². The van der Waals surface area contributed by atoms with Gasteiger partial charge in [-0.25, -0.2) is 4.79 Å². The Bertz CT molecular complexity index is 1080. The molecule has 1 aromatic heterocycles. The molecule has 0 amide bonds. The molecule has 6 heteroatoms. The zero-order valence-corrected chi connectivity index (χ0v) is 20.2. The summed E-state index contributed by atoms with van der Waals surface area (Å²) < 4.78 is 22.5. The second-order valence-electron chi connectivity index (χ2n) is 7.97. The van der Waals surface area contributed by atoms with E-state index in [1.807, 2.05) is 18.2 Å². The zero-order valence-electron chi connectivity index (χ0n) is 20.2. The molecule has 1 aromatic carbocycles. The number of fused-ring (bicyclic) bond motifs is 1. The summed E-state index contributed by atoms with van der Waals surface area (Å²) in [4.78, 5) is 24.2. The van der Waals surface area contributed by atoms with Crippen molar-refractivity contribution in [2.24, 2.45) is 0 Å². The Morgan fingerprint density at radius 3 is 2.48 bits per heavy atom. The fraction of sp³-hybridized carbons (Fsp3) is 0.407. The molecule has 33 heavy (non-hydrogen) atoms. The van der Waals surface area contributed by atoms with Crippen LogP contribution in [0.4, 0.5) is 0 Å². The maximum absolute atomic E-state index is 12.8. The average Bonchev–Trinajstić information content (AvgIpc) is 2.75. The summed E-state index contributed by atoms with van der Waals surface area (Å²) in [6.45, 7) is 10.1. The van der Waals surface area contributed by atoms with Crippen LogP contribution in [-0.4, -0.2) is 19.2 Å². The predicted molar refractivity (Wildman–Crippen MR) is 131 cm³/mol. The Hall–Kier alpha value is -3.28. The zero-order chi connectivity index (χ0) is 24.2. The lowest BCUT2D eigenvalue weighted by molar-refractivity contribution is -0.131. The van der Waals surface area contributed by atoms with Gasteiger partial charge in [0, 0.05) is 6.92 Å². The molecule has 0 aliphatic heterocycles. The predicted octanol–water partition coefficient (Wildman–Crippen LogP) is 6.52. The highest BCUT2D eigenvalue weighted by molar-refractivity contribution is 5.91. The number of allylic oxidation sites excluding steroid dienone is 4. The maximum Gasteiger partial charge on any atom is 0.383 e. The standard InChI is InChI=1S/C27H34O6/c1-6-7-8-9-17-30-26-25(31-18-16-20(4)13-10-12-19(2)3)22-14-11-15-23(32-21(5)28)24(22)33-27(26)29/h7-8,11-12,14-16H,6,9-10,13,17-18H2,1-5H3/b8-7?,20-16+. The van der Waals surface area contributed by atoms with Crippen LogP contribution in [-0.2, 0) is 4.79 Å². The minimum absolute atomic E-state index is 0.0166. The number of para-hydroxylation sites is 1. The minimum atomic E-state index is -0.680. The van der Waals surface area contributed by atoms with E-state index < -0.39 is 11.6 Å². The van der Waals surface area contributed by atoms with Crippen molar-refractivity contribution < 1.29 is 23.4 Å². The van der Waals surface area contributed by atoms with Gasteiger partial charge in [-0.2, -0.15) is 0 Å². The van der Waals surface area contributed by atoms with Gasteiger partial charge in [0.05, 0.1) is 12.0 Å². The molecular weight excluding hydrogens is 420 g/mol. The molecule has 0 atom stereocenters. The number of esters is 1. The molecule has 6 nitrogen and oxygen atoms in total. The van der Waals surface area contributed by atoms with Gasteiger partial charge in [0.15, 0.2) is 17.1 Å². The first-order valence-corrected chi connectivity index (χ1v) is 11.3. The summed E-state index contributed by atoms with van der Waals surface area (Å²) in [6.07, 6.45) is 11.7. The van der Waals surface area contributed by atoms with Crippen LogP contribution in [0.25, 0.3) is 11.0 Å². The monoisotopic (exact) mass is 454 g/mol. The van der Waals surface area contributed by atoms with E-state index in [1.165, 1.54) is 18.1 Å². The van der Waals surface area contributed by atoms with E-state index >= 15 is 0 Å². The first-order chi connectivity index (χ1) is 15.8. The number of rotatable bonds is 12. The number of ether oxygens (including phenoxy) is 3. The lowest BCUT2D eigenvalue weighted by Gasteiger charge is -2.14. The first kappa shape index (κ1) is 26.0. The number of benzene rings is 1. The van der Waals surface area contributed by atoms with Crippen LogP contribution in [0, 0.1) is 0 Å². The van der Waals surface area contributed by atoms with Gasteiger partial charge in [0.1, 0.15) is 6.61 Å². The fourth-order valence-electron chi connectivity index (χ4n) is 3.13. The molecule has 0 saturated heterocycles. The van der Waals surface area contributed by atoms with Gasteiger partial charge in [0.2, 0.25) is 5.75 Å². The Labute approximate surface area is 195 Å². The third-order valence-electron chi connectivity index (χ3n) is 4.75. The van der Waals surface area contributed by atoms with Crippen molar-refractivity contribution in [1.29, 1.82) is 0 Å². The van der Waals surface area contributed by atoms with Gasteiger partial charge >= 0.3 is 11.6 Å². The Balaban J connectivity index is 2.36. The van der Waals surface area contributed by atoms with Gasteiger partial charge < -0.3 is 18.6 Å². The second-order valence-corrected chi connectivity index (χ2v) is 7.97. The third kappa shape index (κ3) is 8.29. The van der Waals surface area contributed by atoms with Crippen molar-refractivity contribution in [3.05, 3.63) is 64.1 Å². The molecule has 0 bridgehead atoms. The van der Waals surface area contributed by atoms with Crippen LogP contribution in [0.1, 0.15) is 60.3 Å². The molecule has 0 radical (unpaired) electrons. The van der Waals surface area contributed by atoms with Crippen LogP contribution in [0.15, 0.2) is 62.9 Å². The number of carbonyl (C=O) groups excluding carboxylic acids is 1. The lowest BCUT2D eigenvalue weighted by atomic mass is 10.1. The van der Waals surface area contributed by atoms with Crippen LogP contribution in [0.5, 0.6) is 17.2 Å². The molecule has 1 heterocycles. The molecule has 0 saturated carbocycles. The third-order valence-corrected chi connectivity index (χ3v) is 4.75. The molecule has 2 rings (SSSR count). The molecule has 0 fully saturated rings. The van der Waals surface area contributed by atoms with Gasteiger partial charge in [-0.3, -0.25) is 4.79 Å². The molecule has 0 N–H and O–H groups in total. The summed E-state index contributed by atoms with van der Waals surface area (Å²) in [6, 6.07) is 5.03. The molecule has 178 valence electrons. The van der Waals surface area contributed by atoms with Gasteiger partial charge in [-0.15, -0.1) is 0 Å². The largest absolute Gasteiger partial charge is 0.485 e. The van der Waals surface area contributed by atoms with E-state index in [4.69, 9.17) is 18.6 Å². The first-order valence-electron chi connectivity index (χ1n) is 11.3. The van der Waals surface area contributed by atoms with Gasteiger partial charge in [0.25, 0.3) is 0 Å². The van der Waals surface area contributed by atoms with Crippen LogP contribution in [0.3, 0.4) is 0 Å². The van der Waals surface area contributed by atoms with Crippen molar-refractivity contribution in [3.63, 3.8) is 0 Å². The number of carbonyl (C=O) groups is 1. The summed E-state index contributed by atoms with van der Waals surface area (Å²) in [5.41, 5.74) is 1.95. The molecule has 0 unspecified atom stereocenters. The molecule has 0 spiro atoms. The van der Waals surface area contributed by atoms with E-state index in [0.29, 0.717) is 18.4 Å².